The Morgan fingerprint density at radius 1 is 1.60 bits per heavy atom. The molecule has 0 fully saturated rings. The Labute approximate surface area is 92.8 Å². The molecule has 0 amide bonds. The van der Waals surface area contributed by atoms with Crippen molar-refractivity contribution in [1.29, 1.82) is 0 Å². The number of likely N-dealkylation sites (N-methyl/N-ethyl adjacent to an activating group) is 1. The van der Waals surface area contributed by atoms with Crippen LogP contribution in [0, 0.1) is 0 Å². The number of ketones is 1. The van der Waals surface area contributed by atoms with Crippen molar-refractivity contribution in [2.75, 3.05) is 20.7 Å². The maximum absolute atomic E-state index is 11.5. The van der Waals surface area contributed by atoms with Crippen molar-refractivity contribution in [2.24, 2.45) is 0 Å². The molecule has 0 saturated heterocycles. The smallest absolute Gasteiger partial charge is 0.180 e. The van der Waals surface area contributed by atoms with Crippen LogP contribution in [-0.2, 0) is 0 Å². The van der Waals surface area contributed by atoms with Gasteiger partial charge in [-0.15, -0.1) is 0 Å². The first-order valence-electron chi connectivity index (χ1n) is 4.34. The van der Waals surface area contributed by atoms with Crippen LogP contribution in [0.1, 0.15) is 10.4 Å². The van der Waals surface area contributed by atoms with Crippen molar-refractivity contribution in [3.05, 3.63) is 22.7 Å². The van der Waals surface area contributed by atoms with Gasteiger partial charge in [0.25, 0.3) is 0 Å². The van der Waals surface area contributed by atoms with Crippen LogP contribution >= 0.6 is 11.6 Å². The normalized spacial score (nSPS) is 10.1. The summed E-state index contributed by atoms with van der Waals surface area (Å²) >= 11 is 5.84. The predicted molar refractivity (Wildman–Crippen MR) is 57.9 cm³/mol. The van der Waals surface area contributed by atoms with E-state index in [2.05, 4.69) is 5.32 Å². The van der Waals surface area contributed by atoms with E-state index < -0.39 is 0 Å². The Morgan fingerprint density at radius 3 is 2.80 bits per heavy atom. The van der Waals surface area contributed by atoms with Crippen LogP contribution in [0.5, 0.6) is 11.5 Å². The molecular weight excluding hydrogens is 218 g/mol. The number of halogens is 1. The number of phenolic OH excluding ortho intramolecular Hbond substituents is 1. The molecule has 1 rings (SSSR count). The molecule has 0 aliphatic carbocycles. The van der Waals surface area contributed by atoms with E-state index >= 15 is 0 Å². The van der Waals surface area contributed by atoms with E-state index in [1.807, 2.05) is 0 Å². The highest BCUT2D eigenvalue weighted by molar-refractivity contribution is 6.32. The van der Waals surface area contributed by atoms with Crippen LogP contribution in [0.2, 0.25) is 5.02 Å². The third-order valence-corrected chi connectivity index (χ3v) is 2.20. The van der Waals surface area contributed by atoms with Crippen LogP contribution in [0.3, 0.4) is 0 Å². The molecule has 4 nitrogen and oxygen atoms in total. The molecule has 0 bridgehead atoms. The Morgan fingerprint density at radius 2 is 2.27 bits per heavy atom. The van der Waals surface area contributed by atoms with Gasteiger partial charge in [0.1, 0.15) is 11.5 Å². The molecule has 0 radical (unpaired) electrons. The maximum Gasteiger partial charge on any atom is 0.180 e. The first kappa shape index (κ1) is 11.8. The van der Waals surface area contributed by atoms with E-state index in [1.54, 1.807) is 7.05 Å². The number of methoxy groups -OCH3 is 1. The van der Waals surface area contributed by atoms with Gasteiger partial charge in [-0.2, -0.15) is 0 Å². The standard InChI is InChI=1S/C10H12ClNO3/c1-12-5-9(14)6-3-7(11)10(15-2)4-8(6)13/h3-4,12-13H,5H2,1-2H3. The van der Waals surface area contributed by atoms with E-state index in [1.165, 1.54) is 19.2 Å². The molecule has 0 spiro atoms. The highest BCUT2D eigenvalue weighted by atomic mass is 35.5. The lowest BCUT2D eigenvalue weighted by Crippen LogP contribution is -2.18. The summed E-state index contributed by atoms with van der Waals surface area (Å²) in [5.41, 5.74) is 0.190. The molecular formula is C10H12ClNO3. The number of rotatable bonds is 4. The quantitative estimate of drug-likeness (QED) is 0.768. The fourth-order valence-electron chi connectivity index (χ4n) is 1.18. The molecule has 2 N–H and O–H groups in total. The average molecular weight is 230 g/mol. The molecule has 0 aliphatic heterocycles. The number of hydrogen-bond acceptors (Lipinski definition) is 4. The summed E-state index contributed by atoms with van der Waals surface area (Å²) in [7, 11) is 3.09. The number of hydrogen-bond donors (Lipinski definition) is 2. The first-order valence-corrected chi connectivity index (χ1v) is 4.72. The van der Waals surface area contributed by atoms with E-state index in [4.69, 9.17) is 16.3 Å². The number of carbonyl (C=O) groups is 1. The summed E-state index contributed by atoms with van der Waals surface area (Å²) < 4.78 is 4.90. The van der Waals surface area contributed by atoms with Gasteiger partial charge in [0.15, 0.2) is 5.78 Å². The SMILES string of the molecule is CNCC(=O)c1cc(Cl)c(OC)cc1O. The second-order valence-corrected chi connectivity index (χ2v) is 3.36. The Balaban J connectivity index is 3.10. The molecule has 0 saturated carbocycles. The lowest BCUT2D eigenvalue weighted by Gasteiger charge is -2.07. The average Bonchev–Trinajstić information content (AvgIpc) is 2.21. The minimum Gasteiger partial charge on any atom is -0.507 e. The highest BCUT2D eigenvalue weighted by Crippen LogP contribution is 2.31. The second kappa shape index (κ2) is 5.00. The molecule has 82 valence electrons. The third kappa shape index (κ3) is 2.61. The third-order valence-electron chi connectivity index (χ3n) is 1.91. The number of carbonyl (C=O) groups excluding carboxylic acids is 1. The van der Waals surface area contributed by atoms with Crippen molar-refractivity contribution in [2.45, 2.75) is 0 Å². The molecule has 0 atom stereocenters. The summed E-state index contributed by atoms with van der Waals surface area (Å²) in [6, 6.07) is 2.72. The molecule has 0 unspecified atom stereocenters. The summed E-state index contributed by atoms with van der Waals surface area (Å²) in [6.45, 7) is 0.149. The van der Waals surface area contributed by atoms with Gasteiger partial charge in [-0.05, 0) is 13.1 Å². The molecule has 5 heteroatoms. The molecule has 0 aliphatic rings. The number of benzene rings is 1. The monoisotopic (exact) mass is 229 g/mol. The number of aromatic hydroxyl groups is 1. The zero-order valence-electron chi connectivity index (χ0n) is 8.50. The van der Waals surface area contributed by atoms with Crippen molar-refractivity contribution in [3.8, 4) is 11.5 Å². The van der Waals surface area contributed by atoms with E-state index in [0.29, 0.717) is 10.8 Å². The van der Waals surface area contributed by atoms with E-state index in [-0.39, 0.29) is 23.6 Å². The Bertz CT molecular complexity index is 379. The van der Waals surface area contributed by atoms with Crippen LogP contribution in [0.25, 0.3) is 0 Å². The Hall–Kier alpha value is -1.26. The van der Waals surface area contributed by atoms with Gasteiger partial charge in [-0.3, -0.25) is 4.79 Å². The van der Waals surface area contributed by atoms with Crippen LogP contribution in [-0.4, -0.2) is 31.6 Å². The van der Waals surface area contributed by atoms with Gasteiger partial charge in [-0.1, -0.05) is 11.6 Å². The maximum atomic E-state index is 11.5. The number of ether oxygens (including phenoxy) is 1. The van der Waals surface area contributed by atoms with Gasteiger partial charge in [0.05, 0.1) is 24.2 Å². The number of nitrogens with one attached hydrogen (secondary N) is 1. The second-order valence-electron chi connectivity index (χ2n) is 2.96. The topological polar surface area (TPSA) is 58.6 Å². The number of Topliss-reactive ketones (excluding diaryl/α,β-unsaturated/α-hetero) is 1. The van der Waals surface area contributed by atoms with Crippen molar-refractivity contribution in [1.82, 2.24) is 5.32 Å². The van der Waals surface area contributed by atoms with Gasteiger partial charge in [0.2, 0.25) is 0 Å². The van der Waals surface area contributed by atoms with Crippen molar-refractivity contribution in [3.63, 3.8) is 0 Å². The lowest BCUT2D eigenvalue weighted by atomic mass is 10.1. The van der Waals surface area contributed by atoms with Gasteiger partial charge < -0.3 is 15.2 Å². The summed E-state index contributed by atoms with van der Waals surface area (Å²) in [4.78, 5) is 11.5. The predicted octanol–water partition coefficient (Wildman–Crippen LogP) is 1.46. The minimum atomic E-state index is -0.223. The van der Waals surface area contributed by atoms with Gasteiger partial charge in [-0.25, -0.2) is 0 Å². The zero-order valence-corrected chi connectivity index (χ0v) is 9.26. The fourth-order valence-corrected chi connectivity index (χ4v) is 1.42. The van der Waals surface area contributed by atoms with Crippen LogP contribution in [0.4, 0.5) is 0 Å². The molecule has 1 aromatic carbocycles. The van der Waals surface area contributed by atoms with Crippen LogP contribution in [0.15, 0.2) is 12.1 Å². The zero-order chi connectivity index (χ0) is 11.4. The van der Waals surface area contributed by atoms with Crippen molar-refractivity contribution < 1.29 is 14.6 Å². The molecule has 1 aromatic rings. The van der Waals surface area contributed by atoms with E-state index in [0.717, 1.165) is 0 Å². The Kier molecular flexibility index (Phi) is 3.94. The van der Waals surface area contributed by atoms with Gasteiger partial charge in [0, 0.05) is 6.07 Å². The summed E-state index contributed by atoms with van der Waals surface area (Å²) in [6.07, 6.45) is 0. The van der Waals surface area contributed by atoms with Crippen LogP contribution < -0.4 is 10.1 Å². The highest BCUT2D eigenvalue weighted by Gasteiger charge is 2.14. The number of phenols is 1. The molecule has 15 heavy (non-hydrogen) atoms. The minimum absolute atomic E-state index is 0.128. The van der Waals surface area contributed by atoms with Gasteiger partial charge >= 0.3 is 0 Å². The fraction of sp³-hybridized carbons (Fsp3) is 0.300. The summed E-state index contributed by atoms with van der Waals surface area (Å²) in [5.74, 6) is -0.00812. The lowest BCUT2D eigenvalue weighted by molar-refractivity contribution is 0.0991. The first-order chi connectivity index (χ1) is 7.10. The largest absolute Gasteiger partial charge is 0.507 e. The summed E-state index contributed by atoms with van der Waals surface area (Å²) in [5, 5.41) is 12.6. The van der Waals surface area contributed by atoms with Crippen molar-refractivity contribution >= 4 is 17.4 Å². The van der Waals surface area contributed by atoms with E-state index in [9.17, 15) is 9.90 Å². The molecule has 0 heterocycles. The molecule has 0 aromatic heterocycles.